The zero-order chi connectivity index (χ0) is 16.4. The fourth-order valence-electron chi connectivity index (χ4n) is 2.28. The number of rotatable bonds is 4. The minimum absolute atomic E-state index is 0.156. The van der Waals surface area contributed by atoms with Crippen molar-refractivity contribution in [2.24, 2.45) is 0 Å². The normalized spacial score (nSPS) is 11.3. The van der Waals surface area contributed by atoms with Crippen molar-refractivity contribution >= 4 is 38.0 Å². The number of nitrogen functional groups attached to an aromatic ring is 1. The number of hydrogen-bond acceptors (Lipinski definition) is 5. The van der Waals surface area contributed by atoms with Crippen molar-refractivity contribution in [3.63, 3.8) is 0 Å². The number of fused-ring (bicyclic) bond motifs is 1. The van der Waals surface area contributed by atoms with Crippen molar-refractivity contribution in [3.05, 3.63) is 60.7 Å². The molecule has 0 spiro atoms. The van der Waals surface area contributed by atoms with Gasteiger partial charge in [-0.25, -0.2) is 0 Å². The summed E-state index contributed by atoms with van der Waals surface area (Å²) >= 11 is 0. The van der Waals surface area contributed by atoms with Crippen LogP contribution in [0.2, 0.25) is 0 Å². The first-order valence-corrected chi connectivity index (χ1v) is 8.26. The SMILES string of the molecule is Nc1ccc2cc(S(=O)(=O)O)ccc2c1NNc1ccccc1. The Balaban J connectivity index is 2.00. The Labute approximate surface area is 133 Å². The van der Waals surface area contributed by atoms with E-state index >= 15 is 0 Å². The smallest absolute Gasteiger partial charge is 0.294 e. The third kappa shape index (κ3) is 3.20. The van der Waals surface area contributed by atoms with Gasteiger partial charge in [0.15, 0.2) is 0 Å². The summed E-state index contributed by atoms with van der Waals surface area (Å²) < 4.78 is 31.6. The fraction of sp³-hybridized carbons (Fsp3) is 0. The summed E-state index contributed by atoms with van der Waals surface area (Å²) in [6.45, 7) is 0. The van der Waals surface area contributed by atoms with Crippen LogP contribution in [0.25, 0.3) is 10.8 Å². The van der Waals surface area contributed by atoms with E-state index in [1.54, 1.807) is 18.2 Å². The first kappa shape index (κ1) is 15.1. The van der Waals surface area contributed by atoms with E-state index in [0.717, 1.165) is 11.1 Å². The maximum atomic E-state index is 11.2. The number of nitrogens with two attached hydrogens (primary N) is 1. The zero-order valence-electron chi connectivity index (χ0n) is 12.0. The molecule has 118 valence electrons. The minimum atomic E-state index is -4.24. The molecule has 3 aromatic rings. The van der Waals surface area contributed by atoms with Gasteiger partial charge in [0.05, 0.1) is 22.0 Å². The summed E-state index contributed by atoms with van der Waals surface area (Å²) in [5.74, 6) is 0. The summed E-state index contributed by atoms with van der Waals surface area (Å²) in [6.07, 6.45) is 0. The number of anilines is 3. The van der Waals surface area contributed by atoms with Crippen LogP contribution >= 0.6 is 0 Å². The summed E-state index contributed by atoms with van der Waals surface area (Å²) in [5, 5.41) is 1.38. The molecule has 0 atom stereocenters. The van der Waals surface area contributed by atoms with Crippen LogP contribution in [0.4, 0.5) is 17.1 Å². The van der Waals surface area contributed by atoms with Crippen molar-refractivity contribution in [3.8, 4) is 0 Å². The van der Waals surface area contributed by atoms with E-state index < -0.39 is 10.1 Å². The maximum absolute atomic E-state index is 11.2. The molecule has 0 heterocycles. The molecule has 0 aromatic heterocycles. The molecule has 0 aliphatic carbocycles. The van der Waals surface area contributed by atoms with Gasteiger partial charge in [0.1, 0.15) is 0 Å². The van der Waals surface area contributed by atoms with Gasteiger partial charge in [0.25, 0.3) is 10.1 Å². The van der Waals surface area contributed by atoms with Crippen LogP contribution in [0.1, 0.15) is 0 Å². The third-order valence-corrected chi connectivity index (χ3v) is 4.28. The lowest BCUT2D eigenvalue weighted by Crippen LogP contribution is -2.10. The second kappa shape index (κ2) is 5.79. The summed E-state index contributed by atoms with van der Waals surface area (Å²) in [5.41, 5.74) is 14.1. The van der Waals surface area contributed by atoms with Gasteiger partial charge in [-0.15, -0.1) is 0 Å². The van der Waals surface area contributed by atoms with Gasteiger partial charge >= 0.3 is 0 Å². The molecule has 0 saturated carbocycles. The molecule has 7 heteroatoms. The Morgan fingerprint density at radius 2 is 1.65 bits per heavy atom. The number of nitrogens with one attached hydrogen (secondary N) is 2. The summed E-state index contributed by atoms with van der Waals surface area (Å²) in [7, 11) is -4.24. The van der Waals surface area contributed by atoms with Gasteiger partial charge in [-0.05, 0) is 35.7 Å². The van der Waals surface area contributed by atoms with E-state index in [0.29, 0.717) is 16.8 Å². The van der Waals surface area contributed by atoms with Crippen LogP contribution in [0.3, 0.4) is 0 Å². The average molecular weight is 329 g/mol. The molecule has 3 rings (SSSR count). The predicted molar refractivity (Wildman–Crippen MR) is 91.9 cm³/mol. The first-order chi connectivity index (χ1) is 10.9. The zero-order valence-corrected chi connectivity index (χ0v) is 12.8. The molecule has 0 amide bonds. The predicted octanol–water partition coefficient (Wildman–Crippen LogP) is 3.11. The van der Waals surface area contributed by atoms with Crippen LogP contribution in [-0.2, 0) is 10.1 Å². The lowest BCUT2D eigenvalue weighted by Gasteiger charge is -2.15. The van der Waals surface area contributed by atoms with Crippen molar-refractivity contribution in [1.82, 2.24) is 0 Å². The van der Waals surface area contributed by atoms with Crippen LogP contribution in [0.5, 0.6) is 0 Å². The Bertz CT molecular complexity index is 957. The number of hydrogen-bond donors (Lipinski definition) is 4. The Kier molecular flexibility index (Phi) is 3.81. The fourth-order valence-corrected chi connectivity index (χ4v) is 2.80. The van der Waals surface area contributed by atoms with Crippen LogP contribution in [-0.4, -0.2) is 13.0 Å². The van der Waals surface area contributed by atoms with E-state index in [1.165, 1.54) is 12.1 Å². The van der Waals surface area contributed by atoms with Crippen molar-refractivity contribution in [2.45, 2.75) is 4.90 Å². The largest absolute Gasteiger partial charge is 0.397 e. The summed E-state index contributed by atoms with van der Waals surface area (Å²) in [6, 6.07) is 17.2. The van der Waals surface area contributed by atoms with Crippen LogP contribution < -0.4 is 16.6 Å². The number of hydrazine groups is 1. The molecule has 0 bridgehead atoms. The van der Waals surface area contributed by atoms with Crippen LogP contribution in [0, 0.1) is 0 Å². The van der Waals surface area contributed by atoms with E-state index in [-0.39, 0.29) is 4.90 Å². The van der Waals surface area contributed by atoms with Crippen molar-refractivity contribution in [2.75, 3.05) is 16.6 Å². The van der Waals surface area contributed by atoms with Crippen molar-refractivity contribution in [1.29, 1.82) is 0 Å². The van der Waals surface area contributed by atoms with E-state index in [4.69, 9.17) is 10.3 Å². The molecule has 0 radical (unpaired) electrons. The average Bonchev–Trinajstić information content (AvgIpc) is 2.53. The second-order valence-electron chi connectivity index (χ2n) is 5.00. The Morgan fingerprint density at radius 1 is 0.913 bits per heavy atom. The second-order valence-corrected chi connectivity index (χ2v) is 6.43. The monoisotopic (exact) mass is 329 g/mol. The van der Waals surface area contributed by atoms with E-state index in [9.17, 15) is 8.42 Å². The number of benzene rings is 3. The molecule has 0 aliphatic rings. The molecular formula is C16H15N3O3S. The highest BCUT2D eigenvalue weighted by Crippen LogP contribution is 2.31. The lowest BCUT2D eigenvalue weighted by atomic mass is 10.1. The Hall–Kier alpha value is -2.77. The third-order valence-electron chi connectivity index (χ3n) is 3.43. The maximum Gasteiger partial charge on any atom is 0.294 e. The van der Waals surface area contributed by atoms with Gasteiger partial charge in [0, 0.05) is 5.39 Å². The van der Waals surface area contributed by atoms with Crippen molar-refractivity contribution < 1.29 is 13.0 Å². The summed E-state index contributed by atoms with van der Waals surface area (Å²) in [4.78, 5) is -0.156. The quantitative estimate of drug-likeness (QED) is 0.333. The van der Waals surface area contributed by atoms with Gasteiger partial charge in [-0.3, -0.25) is 9.98 Å². The van der Waals surface area contributed by atoms with E-state index in [1.807, 2.05) is 30.3 Å². The molecule has 3 aromatic carbocycles. The molecule has 0 aliphatic heterocycles. The molecule has 0 unspecified atom stereocenters. The minimum Gasteiger partial charge on any atom is -0.397 e. The molecular weight excluding hydrogens is 314 g/mol. The molecule has 5 N–H and O–H groups in total. The molecule has 0 fully saturated rings. The Morgan fingerprint density at radius 3 is 2.35 bits per heavy atom. The van der Waals surface area contributed by atoms with Gasteiger partial charge < -0.3 is 11.2 Å². The highest BCUT2D eigenvalue weighted by Gasteiger charge is 2.12. The first-order valence-electron chi connectivity index (χ1n) is 6.82. The highest BCUT2D eigenvalue weighted by atomic mass is 32.2. The topological polar surface area (TPSA) is 104 Å². The van der Waals surface area contributed by atoms with Gasteiger partial charge in [0.2, 0.25) is 0 Å². The van der Waals surface area contributed by atoms with Crippen LogP contribution in [0.15, 0.2) is 65.6 Å². The molecule has 23 heavy (non-hydrogen) atoms. The van der Waals surface area contributed by atoms with E-state index in [2.05, 4.69) is 10.9 Å². The van der Waals surface area contributed by atoms with Gasteiger partial charge in [-0.1, -0.05) is 30.3 Å². The molecule has 6 nitrogen and oxygen atoms in total. The number of para-hydroxylation sites is 1. The highest BCUT2D eigenvalue weighted by molar-refractivity contribution is 7.85. The lowest BCUT2D eigenvalue weighted by molar-refractivity contribution is 0.483. The standard InChI is InChI=1S/C16H15N3O3S/c17-15-9-6-11-10-13(23(20,21)22)7-8-14(11)16(15)19-18-12-4-2-1-3-5-12/h1-10,18-19H,17H2,(H,20,21,22). The molecule has 0 saturated heterocycles. The van der Waals surface area contributed by atoms with Gasteiger partial charge in [-0.2, -0.15) is 8.42 Å².